The summed E-state index contributed by atoms with van der Waals surface area (Å²) in [5, 5.41) is 0. The van der Waals surface area contributed by atoms with Gasteiger partial charge in [-0.2, -0.15) is 0 Å². The van der Waals surface area contributed by atoms with E-state index in [-0.39, 0.29) is 11.9 Å². The van der Waals surface area contributed by atoms with Gasteiger partial charge in [-0.15, -0.1) is 0 Å². The van der Waals surface area contributed by atoms with Crippen LogP contribution in [-0.2, 0) is 20.5 Å². The zero-order valence-electron chi connectivity index (χ0n) is 13.9. The van der Waals surface area contributed by atoms with Crippen LogP contribution in [-0.4, -0.2) is 27.7 Å². The van der Waals surface area contributed by atoms with E-state index < -0.39 is 10.0 Å². The van der Waals surface area contributed by atoms with Crippen LogP contribution in [0.25, 0.3) is 0 Å². The first kappa shape index (κ1) is 17.0. The monoisotopic (exact) mass is 345 g/mol. The Kier molecular flexibility index (Phi) is 5.21. The van der Waals surface area contributed by atoms with E-state index in [9.17, 15) is 8.42 Å². The summed E-state index contributed by atoms with van der Waals surface area (Å²) in [6.07, 6.45) is 1.87. The third kappa shape index (κ3) is 3.97. The summed E-state index contributed by atoms with van der Waals surface area (Å²) in [4.78, 5) is 0. The average molecular weight is 345 g/mol. The minimum Gasteiger partial charge on any atom is -0.376 e. The SMILES string of the molecule is Cc1ccccc1CS(=O)(=O)N(CC1CCCO1)c1ccccc1. The van der Waals surface area contributed by atoms with E-state index in [1.165, 1.54) is 4.31 Å². The molecule has 1 saturated heterocycles. The topological polar surface area (TPSA) is 46.6 Å². The van der Waals surface area contributed by atoms with Crippen molar-refractivity contribution in [3.63, 3.8) is 0 Å². The Balaban J connectivity index is 1.89. The van der Waals surface area contributed by atoms with Crippen LogP contribution in [0.15, 0.2) is 54.6 Å². The number of hydrogen-bond donors (Lipinski definition) is 0. The average Bonchev–Trinajstić information content (AvgIpc) is 3.08. The van der Waals surface area contributed by atoms with Crippen LogP contribution >= 0.6 is 0 Å². The normalized spacial score (nSPS) is 17.8. The van der Waals surface area contributed by atoms with Gasteiger partial charge in [0.1, 0.15) is 0 Å². The smallest absolute Gasteiger partial charge is 0.239 e. The predicted octanol–water partition coefficient (Wildman–Crippen LogP) is 3.51. The van der Waals surface area contributed by atoms with Crippen LogP contribution in [0.2, 0.25) is 0 Å². The molecule has 1 unspecified atom stereocenters. The molecule has 5 heteroatoms. The molecule has 1 atom stereocenters. The molecule has 1 aliphatic rings. The van der Waals surface area contributed by atoms with E-state index in [0.29, 0.717) is 18.8 Å². The molecule has 0 amide bonds. The first-order chi connectivity index (χ1) is 11.6. The molecule has 1 aliphatic heterocycles. The van der Waals surface area contributed by atoms with Crippen molar-refractivity contribution in [1.29, 1.82) is 0 Å². The second kappa shape index (κ2) is 7.36. The van der Waals surface area contributed by atoms with Gasteiger partial charge in [-0.1, -0.05) is 42.5 Å². The highest BCUT2D eigenvalue weighted by Crippen LogP contribution is 2.24. The predicted molar refractivity (Wildman–Crippen MR) is 96.6 cm³/mol. The summed E-state index contributed by atoms with van der Waals surface area (Å²) in [6.45, 7) is 3.03. The Labute approximate surface area is 144 Å². The van der Waals surface area contributed by atoms with E-state index in [1.807, 2.05) is 61.5 Å². The van der Waals surface area contributed by atoms with E-state index in [1.54, 1.807) is 0 Å². The molecule has 1 fully saturated rings. The summed E-state index contributed by atoms with van der Waals surface area (Å²) in [5.74, 6) is 0.00128. The zero-order chi connectivity index (χ0) is 17.0. The number of benzene rings is 2. The lowest BCUT2D eigenvalue weighted by atomic mass is 10.1. The molecule has 0 N–H and O–H groups in total. The van der Waals surface area contributed by atoms with Crippen LogP contribution in [0.5, 0.6) is 0 Å². The Morgan fingerprint density at radius 1 is 1.08 bits per heavy atom. The highest BCUT2D eigenvalue weighted by molar-refractivity contribution is 7.92. The Morgan fingerprint density at radius 3 is 2.46 bits per heavy atom. The van der Waals surface area contributed by atoms with Crippen molar-refractivity contribution in [1.82, 2.24) is 0 Å². The van der Waals surface area contributed by atoms with Gasteiger partial charge in [-0.05, 0) is 43.0 Å². The highest BCUT2D eigenvalue weighted by Gasteiger charge is 2.28. The first-order valence-corrected chi connectivity index (χ1v) is 9.89. The van der Waals surface area contributed by atoms with Crippen LogP contribution in [0.4, 0.5) is 5.69 Å². The van der Waals surface area contributed by atoms with Crippen LogP contribution < -0.4 is 4.31 Å². The summed E-state index contributed by atoms with van der Waals surface area (Å²) in [7, 11) is -3.49. The van der Waals surface area contributed by atoms with Gasteiger partial charge in [0.25, 0.3) is 0 Å². The molecule has 0 radical (unpaired) electrons. The maximum atomic E-state index is 13.1. The largest absolute Gasteiger partial charge is 0.376 e. The van der Waals surface area contributed by atoms with Gasteiger partial charge in [-0.25, -0.2) is 8.42 Å². The number of sulfonamides is 1. The third-order valence-corrected chi connectivity index (χ3v) is 6.08. The summed E-state index contributed by atoms with van der Waals surface area (Å²) in [5.41, 5.74) is 2.53. The fourth-order valence-electron chi connectivity index (χ4n) is 2.99. The van der Waals surface area contributed by atoms with Crippen LogP contribution in [0, 0.1) is 6.92 Å². The molecule has 0 aromatic heterocycles. The molecule has 0 bridgehead atoms. The van der Waals surface area contributed by atoms with Crippen molar-refractivity contribution >= 4 is 15.7 Å². The maximum absolute atomic E-state index is 13.1. The highest BCUT2D eigenvalue weighted by atomic mass is 32.2. The van der Waals surface area contributed by atoms with Gasteiger partial charge < -0.3 is 4.74 Å². The molecule has 2 aromatic carbocycles. The minimum atomic E-state index is -3.49. The number of rotatable bonds is 6. The maximum Gasteiger partial charge on any atom is 0.239 e. The van der Waals surface area contributed by atoms with E-state index in [4.69, 9.17) is 4.74 Å². The van der Waals surface area contributed by atoms with Crippen molar-refractivity contribution in [2.75, 3.05) is 17.5 Å². The van der Waals surface area contributed by atoms with Crippen molar-refractivity contribution in [2.45, 2.75) is 31.6 Å². The van der Waals surface area contributed by atoms with Gasteiger partial charge in [0.05, 0.1) is 24.1 Å². The van der Waals surface area contributed by atoms with Crippen molar-refractivity contribution in [3.8, 4) is 0 Å². The van der Waals surface area contributed by atoms with Crippen LogP contribution in [0.3, 0.4) is 0 Å². The number of hydrogen-bond acceptors (Lipinski definition) is 3. The summed E-state index contributed by atoms with van der Waals surface area (Å²) in [6, 6.07) is 16.9. The summed E-state index contributed by atoms with van der Waals surface area (Å²) < 4.78 is 33.4. The molecule has 2 aromatic rings. The van der Waals surface area contributed by atoms with Crippen molar-refractivity contribution < 1.29 is 13.2 Å². The Hall–Kier alpha value is -1.85. The standard InChI is InChI=1S/C19H23NO3S/c1-16-8-5-6-9-17(16)15-24(21,22)20(14-19-12-7-13-23-19)18-10-3-2-4-11-18/h2-6,8-11,19H,7,12-15H2,1H3. The lowest BCUT2D eigenvalue weighted by Crippen LogP contribution is -2.38. The van der Waals surface area contributed by atoms with E-state index in [2.05, 4.69) is 0 Å². The zero-order valence-corrected chi connectivity index (χ0v) is 14.7. The molecule has 0 spiro atoms. The van der Waals surface area contributed by atoms with Gasteiger partial charge in [0.15, 0.2) is 0 Å². The second-order valence-corrected chi connectivity index (χ2v) is 8.08. The molecule has 0 aliphatic carbocycles. The van der Waals surface area contributed by atoms with Crippen molar-refractivity contribution in [2.24, 2.45) is 0 Å². The lowest BCUT2D eigenvalue weighted by molar-refractivity contribution is 0.118. The number of para-hydroxylation sites is 1. The minimum absolute atomic E-state index is 0.00128. The molecule has 4 nitrogen and oxygen atoms in total. The number of nitrogens with zero attached hydrogens (tertiary/aromatic N) is 1. The molecule has 3 rings (SSSR count). The number of aryl methyl sites for hydroxylation is 1. The molecule has 128 valence electrons. The van der Waals surface area contributed by atoms with Gasteiger partial charge in [-0.3, -0.25) is 4.31 Å². The fraction of sp³-hybridized carbons (Fsp3) is 0.368. The first-order valence-electron chi connectivity index (χ1n) is 8.28. The van der Waals surface area contributed by atoms with Crippen molar-refractivity contribution in [3.05, 3.63) is 65.7 Å². The number of anilines is 1. The third-order valence-electron chi connectivity index (χ3n) is 4.37. The molecule has 24 heavy (non-hydrogen) atoms. The quantitative estimate of drug-likeness (QED) is 0.805. The molecular weight excluding hydrogens is 322 g/mol. The Bertz CT molecular complexity index is 768. The molecule has 0 saturated carbocycles. The van der Waals surface area contributed by atoms with E-state index in [0.717, 1.165) is 24.0 Å². The van der Waals surface area contributed by atoms with E-state index >= 15 is 0 Å². The van der Waals surface area contributed by atoms with Gasteiger partial charge in [0.2, 0.25) is 10.0 Å². The fourth-order valence-corrected chi connectivity index (χ4v) is 4.70. The Morgan fingerprint density at radius 2 is 1.79 bits per heavy atom. The number of ether oxygens (including phenoxy) is 1. The molecular formula is C19H23NO3S. The second-order valence-electron chi connectivity index (χ2n) is 6.18. The van der Waals surface area contributed by atoms with Crippen LogP contribution in [0.1, 0.15) is 24.0 Å². The van der Waals surface area contributed by atoms with Gasteiger partial charge >= 0.3 is 0 Å². The summed E-state index contributed by atoms with van der Waals surface area (Å²) >= 11 is 0. The molecule has 1 heterocycles. The van der Waals surface area contributed by atoms with Gasteiger partial charge in [0, 0.05) is 6.61 Å². The lowest BCUT2D eigenvalue weighted by Gasteiger charge is -2.27.